The normalized spacial score (nSPS) is 12.8. The topological polar surface area (TPSA) is 41.5 Å². The predicted molar refractivity (Wildman–Crippen MR) is 118 cm³/mol. The first-order valence-corrected chi connectivity index (χ1v) is 10.5. The average Bonchev–Trinajstić information content (AvgIpc) is 2.65. The van der Waals surface area contributed by atoms with Gasteiger partial charge in [0.15, 0.2) is 0 Å². The summed E-state index contributed by atoms with van der Waals surface area (Å²) in [6.45, 7) is 5.05. The zero-order chi connectivity index (χ0) is 19.9. The van der Waals surface area contributed by atoms with Crippen molar-refractivity contribution in [2.24, 2.45) is 0 Å². The van der Waals surface area contributed by atoms with Crippen LogP contribution in [-0.2, 0) is 12.8 Å². The van der Waals surface area contributed by atoms with Gasteiger partial charge in [0.25, 0.3) is 0 Å². The predicted octanol–water partition coefficient (Wildman–Crippen LogP) is 6.12. The second-order valence-corrected chi connectivity index (χ2v) is 8.93. The molecular weight excluding hydrogens is 401 g/mol. The number of ether oxygens (including phenoxy) is 1. The van der Waals surface area contributed by atoms with Crippen molar-refractivity contribution < 1.29 is 9.29 Å². The molecule has 1 unspecified atom stereocenters. The molecule has 148 valence electrons. The fourth-order valence-corrected chi connectivity index (χ4v) is 3.75. The summed E-state index contributed by atoms with van der Waals surface area (Å²) in [7, 11) is 1.67. The summed E-state index contributed by atoms with van der Waals surface area (Å²) >= 11 is 13.2. The lowest BCUT2D eigenvalue weighted by Gasteiger charge is -2.28. The molecule has 3 nitrogen and oxygen atoms in total. The van der Waals surface area contributed by atoms with Crippen molar-refractivity contribution in [2.45, 2.75) is 43.9 Å². The second kappa shape index (κ2) is 10.6. The molecule has 0 spiro atoms. The molecule has 0 amide bonds. The van der Waals surface area contributed by atoms with Crippen LogP contribution in [0.25, 0.3) is 0 Å². The number of aryl methyl sites for hydroxylation is 1. The third-order valence-electron chi connectivity index (χ3n) is 4.53. The van der Waals surface area contributed by atoms with Crippen LogP contribution >= 0.6 is 35.2 Å². The van der Waals surface area contributed by atoms with Crippen molar-refractivity contribution in [3.63, 3.8) is 0 Å². The van der Waals surface area contributed by atoms with Gasteiger partial charge in [-0.15, -0.1) is 0 Å². The van der Waals surface area contributed by atoms with Gasteiger partial charge in [-0.1, -0.05) is 47.5 Å². The minimum atomic E-state index is -0.0870. The molecule has 6 heteroatoms. The highest BCUT2D eigenvalue weighted by Gasteiger charge is 2.20. The maximum atomic E-state index is 9.68. The van der Waals surface area contributed by atoms with E-state index in [9.17, 15) is 4.55 Å². The smallest absolute Gasteiger partial charge is 0.118 e. The van der Waals surface area contributed by atoms with Gasteiger partial charge in [0.2, 0.25) is 0 Å². The first kappa shape index (κ1) is 22.4. The minimum absolute atomic E-state index is 0.0789. The van der Waals surface area contributed by atoms with Crippen LogP contribution in [-0.4, -0.2) is 29.0 Å². The van der Waals surface area contributed by atoms with E-state index in [0.29, 0.717) is 16.6 Å². The van der Waals surface area contributed by atoms with Gasteiger partial charge < -0.3 is 14.6 Å². The van der Waals surface area contributed by atoms with Crippen molar-refractivity contribution in [2.75, 3.05) is 13.7 Å². The van der Waals surface area contributed by atoms with E-state index in [-0.39, 0.29) is 10.8 Å². The molecule has 27 heavy (non-hydrogen) atoms. The average molecular weight is 428 g/mol. The molecule has 2 N–H and O–H groups in total. The number of methoxy groups -OCH3 is 1. The van der Waals surface area contributed by atoms with Gasteiger partial charge in [-0.05, 0) is 74.5 Å². The van der Waals surface area contributed by atoms with E-state index in [1.807, 2.05) is 24.3 Å². The molecule has 0 aliphatic carbocycles. The fraction of sp³-hybridized carbons (Fsp3) is 0.429. The fourth-order valence-electron chi connectivity index (χ4n) is 2.96. The van der Waals surface area contributed by atoms with Crippen molar-refractivity contribution in [1.29, 1.82) is 0 Å². The van der Waals surface area contributed by atoms with Gasteiger partial charge in [-0.25, -0.2) is 0 Å². The standard InChI is InChI=1S/C21H27Cl2NO2S/c1-21(2,13-15-7-10-17(26-3)11-8-15)24-14-18(27-25)12-9-16-5-4-6-19(22)20(16)23/h4-8,10-11,18,24-25H,9,12-14H2,1-3H3. The van der Waals surface area contributed by atoms with Crippen LogP contribution in [0.3, 0.4) is 0 Å². The molecule has 0 aromatic heterocycles. The lowest BCUT2D eigenvalue weighted by atomic mass is 9.94. The zero-order valence-corrected chi connectivity index (χ0v) is 18.3. The van der Waals surface area contributed by atoms with E-state index in [4.69, 9.17) is 27.9 Å². The number of halogens is 2. The third kappa shape index (κ3) is 7.20. The van der Waals surface area contributed by atoms with Gasteiger partial charge in [0.05, 0.1) is 17.2 Å². The summed E-state index contributed by atoms with van der Waals surface area (Å²) in [4.78, 5) is 0. The number of hydrogen-bond acceptors (Lipinski definition) is 4. The lowest BCUT2D eigenvalue weighted by Crippen LogP contribution is -2.44. The molecule has 0 saturated heterocycles. The van der Waals surface area contributed by atoms with Crippen LogP contribution in [0.5, 0.6) is 5.75 Å². The number of rotatable bonds is 10. The molecule has 2 aromatic carbocycles. The molecule has 0 saturated carbocycles. The van der Waals surface area contributed by atoms with Crippen molar-refractivity contribution in [3.8, 4) is 5.75 Å². The monoisotopic (exact) mass is 427 g/mol. The highest BCUT2D eigenvalue weighted by molar-refractivity contribution is 7.94. The van der Waals surface area contributed by atoms with E-state index in [1.165, 1.54) is 5.56 Å². The van der Waals surface area contributed by atoms with Crippen molar-refractivity contribution in [1.82, 2.24) is 5.32 Å². The summed E-state index contributed by atoms with van der Waals surface area (Å²) < 4.78 is 14.9. The van der Waals surface area contributed by atoms with Crippen LogP contribution in [0.15, 0.2) is 42.5 Å². The molecule has 0 radical (unpaired) electrons. The molecular formula is C21H27Cl2NO2S. The lowest BCUT2D eigenvalue weighted by molar-refractivity contribution is 0.381. The van der Waals surface area contributed by atoms with E-state index >= 15 is 0 Å². The molecule has 1 atom stereocenters. The Bertz CT molecular complexity index is 723. The molecule has 0 aliphatic rings. The van der Waals surface area contributed by atoms with Crippen molar-refractivity contribution >= 4 is 35.2 Å². The summed E-state index contributed by atoms with van der Waals surface area (Å²) in [6, 6.07) is 13.8. The van der Waals surface area contributed by atoms with Crippen LogP contribution in [0.4, 0.5) is 0 Å². The van der Waals surface area contributed by atoms with E-state index in [0.717, 1.165) is 42.6 Å². The highest BCUT2D eigenvalue weighted by Crippen LogP contribution is 2.27. The summed E-state index contributed by atoms with van der Waals surface area (Å²) in [6.07, 6.45) is 2.48. The molecule has 0 aliphatic heterocycles. The highest BCUT2D eigenvalue weighted by atomic mass is 35.5. The number of hydrogen-bond donors (Lipinski definition) is 2. The van der Waals surface area contributed by atoms with Gasteiger partial charge >= 0.3 is 0 Å². The van der Waals surface area contributed by atoms with Gasteiger partial charge in [-0.3, -0.25) is 0 Å². The maximum absolute atomic E-state index is 9.68. The number of nitrogens with one attached hydrogen (secondary N) is 1. The summed E-state index contributed by atoms with van der Waals surface area (Å²) in [5, 5.41) is 4.83. The summed E-state index contributed by atoms with van der Waals surface area (Å²) in [5.41, 5.74) is 2.17. The Kier molecular flexibility index (Phi) is 8.77. The minimum Gasteiger partial charge on any atom is -0.497 e. The molecule has 0 heterocycles. The van der Waals surface area contributed by atoms with E-state index in [1.54, 1.807) is 13.2 Å². The van der Waals surface area contributed by atoms with E-state index in [2.05, 4.69) is 31.3 Å². The Morgan fingerprint density at radius 2 is 1.85 bits per heavy atom. The van der Waals surface area contributed by atoms with Crippen LogP contribution in [0, 0.1) is 0 Å². The van der Waals surface area contributed by atoms with Gasteiger partial charge in [0.1, 0.15) is 5.75 Å². The molecule has 2 aromatic rings. The molecule has 0 fully saturated rings. The van der Waals surface area contributed by atoms with Crippen LogP contribution < -0.4 is 10.1 Å². The van der Waals surface area contributed by atoms with Crippen LogP contribution in [0.2, 0.25) is 10.0 Å². The van der Waals surface area contributed by atoms with Crippen molar-refractivity contribution in [3.05, 3.63) is 63.6 Å². The first-order chi connectivity index (χ1) is 12.8. The Morgan fingerprint density at radius 3 is 2.48 bits per heavy atom. The first-order valence-electron chi connectivity index (χ1n) is 8.95. The molecule has 0 bridgehead atoms. The third-order valence-corrected chi connectivity index (χ3v) is 6.09. The van der Waals surface area contributed by atoms with E-state index < -0.39 is 0 Å². The Labute approximate surface area is 176 Å². The SMILES string of the molecule is COc1ccc(CC(C)(C)NCC(CCc2cccc(Cl)c2Cl)SO)cc1. The number of benzene rings is 2. The van der Waals surface area contributed by atoms with Gasteiger partial charge in [0, 0.05) is 17.3 Å². The zero-order valence-electron chi connectivity index (χ0n) is 16.0. The Balaban J connectivity index is 1.86. The molecule has 2 rings (SSSR count). The summed E-state index contributed by atoms with van der Waals surface area (Å²) in [5.74, 6) is 0.862. The Morgan fingerprint density at radius 1 is 1.15 bits per heavy atom. The van der Waals surface area contributed by atoms with Crippen LogP contribution in [0.1, 0.15) is 31.4 Å². The quantitative estimate of drug-likeness (QED) is 0.448. The Hall–Kier alpha value is -0.910. The maximum Gasteiger partial charge on any atom is 0.118 e. The van der Waals surface area contributed by atoms with Gasteiger partial charge in [-0.2, -0.15) is 0 Å². The largest absolute Gasteiger partial charge is 0.497 e. The second-order valence-electron chi connectivity index (χ2n) is 7.27.